The summed E-state index contributed by atoms with van der Waals surface area (Å²) in [5, 5.41) is 3.60. The highest BCUT2D eigenvalue weighted by molar-refractivity contribution is 5.44. The van der Waals surface area contributed by atoms with E-state index in [1.165, 1.54) is 36.0 Å². The maximum Gasteiger partial charge on any atom is 0.0692 e. The minimum absolute atomic E-state index is 0.253. The molecule has 0 aromatic heterocycles. The molecule has 4 rings (SSSR count). The Bertz CT molecular complexity index is 772. The molecule has 0 aromatic rings. The number of nitrogens with two attached hydrogens (primary N) is 1. The average molecular weight is 361 g/mol. The van der Waals surface area contributed by atoms with Crippen molar-refractivity contribution in [3.63, 3.8) is 0 Å². The normalized spacial score (nSPS) is 32.9. The van der Waals surface area contributed by atoms with Crippen LogP contribution in [0.2, 0.25) is 0 Å². The van der Waals surface area contributed by atoms with E-state index >= 15 is 0 Å². The van der Waals surface area contributed by atoms with Gasteiger partial charge in [0.15, 0.2) is 0 Å². The second-order valence-corrected chi connectivity index (χ2v) is 8.07. The molecule has 0 saturated carbocycles. The summed E-state index contributed by atoms with van der Waals surface area (Å²) in [7, 11) is 0. The lowest BCUT2D eigenvalue weighted by Crippen LogP contribution is -2.47. The molecule has 27 heavy (non-hydrogen) atoms. The van der Waals surface area contributed by atoms with Crippen LogP contribution in [0.4, 0.5) is 0 Å². The molecule has 3 aliphatic carbocycles. The summed E-state index contributed by atoms with van der Waals surface area (Å²) in [6.45, 7) is 2.23. The standard InChI is InChI=1S/C25H32N2/c1-2-9-20(18-10-5-3-6-11-18)22-14-15-23-21(19-12-7-4-8-13-19)16-17-27-25(23)24(22)26/h3,5-7,9-10,12-13,16-18,21,23,25,27H,2,4,8,11,14-15,26H2,1H3/b20-9-. The molecule has 0 fully saturated rings. The van der Waals surface area contributed by atoms with Crippen LogP contribution in [-0.4, -0.2) is 6.04 Å². The van der Waals surface area contributed by atoms with E-state index in [4.69, 9.17) is 5.73 Å². The predicted molar refractivity (Wildman–Crippen MR) is 115 cm³/mol. The highest BCUT2D eigenvalue weighted by atomic mass is 15.0. The lowest BCUT2D eigenvalue weighted by Gasteiger charge is -2.42. The van der Waals surface area contributed by atoms with Crippen molar-refractivity contribution < 1.29 is 0 Å². The molecule has 1 heterocycles. The third-order valence-electron chi connectivity index (χ3n) is 6.44. The van der Waals surface area contributed by atoms with Gasteiger partial charge in [-0.25, -0.2) is 0 Å². The third kappa shape index (κ3) is 3.63. The molecule has 3 N–H and O–H groups in total. The van der Waals surface area contributed by atoms with Gasteiger partial charge in [-0.2, -0.15) is 0 Å². The molecule has 1 aliphatic heterocycles. The number of allylic oxidation sites excluding steroid dienone is 12. The monoisotopic (exact) mass is 360 g/mol. The first-order valence-corrected chi connectivity index (χ1v) is 10.6. The molecule has 2 nitrogen and oxygen atoms in total. The van der Waals surface area contributed by atoms with Gasteiger partial charge < -0.3 is 11.1 Å². The zero-order chi connectivity index (χ0) is 18.6. The Morgan fingerprint density at radius 3 is 2.89 bits per heavy atom. The van der Waals surface area contributed by atoms with E-state index in [0.29, 0.717) is 17.8 Å². The van der Waals surface area contributed by atoms with Crippen LogP contribution in [0.25, 0.3) is 0 Å². The lowest BCUT2D eigenvalue weighted by atomic mass is 9.69. The van der Waals surface area contributed by atoms with Gasteiger partial charge in [0, 0.05) is 17.5 Å². The third-order valence-corrected chi connectivity index (χ3v) is 6.44. The van der Waals surface area contributed by atoms with Crippen molar-refractivity contribution in [1.29, 1.82) is 0 Å². The van der Waals surface area contributed by atoms with Crippen LogP contribution in [-0.2, 0) is 0 Å². The zero-order valence-corrected chi connectivity index (χ0v) is 16.4. The van der Waals surface area contributed by atoms with Crippen LogP contribution < -0.4 is 11.1 Å². The quantitative estimate of drug-likeness (QED) is 0.699. The topological polar surface area (TPSA) is 38.0 Å². The van der Waals surface area contributed by atoms with Crippen molar-refractivity contribution in [3.05, 3.63) is 83.3 Å². The Labute approximate surface area is 164 Å². The number of rotatable bonds is 4. The maximum atomic E-state index is 6.83. The van der Waals surface area contributed by atoms with E-state index in [1.54, 1.807) is 0 Å². The Morgan fingerprint density at radius 1 is 1.22 bits per heavy atom. The molecule has 142 valence electrons. The summed E-state index contributed by atoms with van der Waals surface area (Å²) < 4.78 is 0. The second-order valence-electron chi connectivity index (χ2n) is 8.07. The van der Waals surface area contributed by atoms with Crippen molar-refractivity contribution in [2.24, 2.45) is 23.5 Å². The summed E-state index contributed by atoms with van der Waals surface area (Å²) in [5.41, 5.74) is 12.2. The number of nitrogens with one attached hydrogen (secondary N) is 1. The summed E-state index contributed by atoms with van der Waals surface area (Å²) in [5.74, 6) is 1.51. The van der Waals surface area contributed by atoms with Gasteiger partial charge in [-0.1, -0.05) is 61.6 Å². The fraction of sp³-hybridized carbons (Fsp3) is 0.440. The molecule has 0 bridgehead atoms. The van der Waals surface area contributed by atoms with E-state index < -0.39 is 0 Å². The number of hydrogen-bond acceptors (Lipinski definition) is 2. The van der Waals surface area contributed by atoms with Crippen molar-refractivity contribution in [1.82, 2.24) is 5.32 Å². The molecule has 0 spiro atoms. The summed E-state index contributed by atoms with van der Waals surface area (Å²) in [4.78, 5) is 0. The minimum atomic E-state index is 0.253. The van der Waals surface area contributed by atoms with E-state index in [-0.39, 0.29) is 6.04 Å². The van der Waals surface area contributed by atoms with Crippen molar-refractivity contribution >= 4 is 0 Å². The first-order chi connectivity index (χ1) is 13.3. The summed E-state index contributed by atoms with van der Waals surface area (Å²) in [6, 6.07) is 0.253. The predicted octanol–water partition coefficient (Wildman–Crippen LogP) is 5.46. The average Bonchev–Trinajstić information content (AvgIpc) is 2.74. The second kappa shape index (κ2) is 8.21. The highest BCUT2D eigenvalue weighted by Crippen LogP contribution is 2.43. The summed E-state index contributed by atoms with van der Waals surface area (Å²) >= 11 is 0. The van der Waals surface area contributed by atoms with Gasteiger partial charge >= 0.3 is 0 Å². The van der Waals surface area contributed by atoms with Crippen LogP contribution in [0.1, 0.15) is 45.4 Å². The Balaban J connectivity index is 1.63. The van der Waals surface area contributed by atoms with Gasteiger partial charge in [0.1, 0.15) is 0 Å². The zero-order valence-electron chi connectivity index (χ0n) is 16.4. The first-order valence-electron chi connectivity index (χ1n) is 10.6. The van der Waals surface area contributed by atoms with Crippen LogP contribution >= 0.6 is 0 Å². The van der Waals surface area contributed by atoms with Gasteiger partial charge in [0.25, 0.3) is 0 Å². The largest absolute Gasteiger partial charge is 0.400 e. The first kappa shape index (κ1) is 18.2. The number of fused-ring (bicyclic) bond motifs is 1. The fourth-order valence-electron chi connectivity index (χ4n) is 5.13. The van der Waals surface area contributed by atoms with Crippen molar-refractivity contribution in [2.75, 3.05) is 0 Å². The fourth-order valence-corrected chi connectivity index (χ4v) is 5.13. The van der Waals surface area contributed by atoms with Gasteiger partial charge in [-0.15, -0.1) is 0 Å². The number of hydrogen-bond donors (Lipinski definition) is 2. The van der Waals surface area contributed by atoms with E-state index in [2.05, 4.69) is 73.1 Å². The Kier molecular flexibility index (Phi) is 5.52. The van der Waals surface area contributed by atoms with E-state index in [0.717, 1.165) is 25.0 Å². The lowest BCUT2D eigenvalue weighted by molar-refractivity contribution is 0.302. The minimum Gasteiger partial charge on any atom is -0.400 e. The Hall–Kier alpha value is -2.22. The van der Waals surface area contributed by atoms with Crippen LogP contribution in [0.3, 0.4) is 0 Å². The molecule has 4 atom stereocenters. The van der Waals surface area contributed by atoms with Gasteiger partial charge in [-0.05, 0) is 67.4 Å². The molecular weight excluding hydrogens is 328 g/mol. The molecule has 0 saturated heterocycles. The van der Waals surface area contributed by atoms with Crippen molar-refractivity contribution in [3.8, 4) is 0 Å². The SMILES string of the molecule is CC/C=C(\C1=C(N)C2NC=CC(C3=CCCC=C3)C2CC1)C1C=CC=CC1. The molecule has 4 aliphatic rings. The van der Waals surface area contributed by atoms with Gasteiger partial charge in [0.05, 0.1) is 6.04 Å². The van der Waals surface area contributed by atoms with Gasteiger partial charge in [-0.3, -0.25) is 0 Å². The van der Waals surface area contributed by atoms with Gasteiger partial charge in [0.2, 0.25) is 0 Å². The summed E-state index contributed by atoms with van der Waals surface area (Å²) in [6.07, 6.45) is 29.7. The maximum absolute atomic E-state index is 6.83. The molecule has 0 aromatic carbocycles. The smallest absolute Gasteiger partial charge is 0.0692 e. The van der Waals surface area contributed by atoms with Crippen molar-refractivity contribution in [2.45, 2.75) is 51.5 Å². The van der Waals surface area contributed by atoms with Crippen LogP contribution in [0.15, 0.2) is 83.3 Å². The van der Waals surface area contributed by atoms with E-state index in [9.17, 15) is 0 Å². The molecular formula is C25H32N2. The van der Waals surface area contributed by atoms with E-state index in [1.807, 2.05) is 0 Å². The van der Waals surface area contributed by atoms with Crippen LogP contribution in [0.5, 0.6) is 0 Å². The van der Waals surface area contributed by atoms with Crippen LogP contribution in [0, 0.1) is 17.8 Å². The highest BCUT2D eigenvalue weighted by Gasteiger charge is 2.38. The molecule has 4 unspecified atom stereocenters. The molecule has 2 heteroatoms. The Morgan fingerprint density at radius 2 is 2.15 bits per heavy atom. The molecule has 0 radical (unpaired) electrons. The molecule has 0 amide bonds.